The van der Waals surface area contributed by atoms with E-state index < -0.39 is 11.9 Å². The Hall–Kier alpha value is -3.77. The van der Waals surface area contributed by atoms with E-state index in [9.17, 15) is 14.4 Å². The first-order valence-corrected chi connectivity index (χ1v) is 12.4. The number of benzene rings is 1. The Labute approximate surface area is 211 Å². The molecule has 4 heterocycles. The molecule has 3 aliphatic rings. The van der Waals surface area contributed by atoms with E-state index in [1.54, 1.807) is 35.4 Å². The average molecular weight is 511 g/mol. The minimum Gasteiger partial charge on any atom is -0.481 e. The molecule has 11 nitrogen and oxygen atoms in total. The molecule has 0 radical (unpaired) electrons. The fourth-order valence-electron chi connectivity index (χ4n) is 4.74. The summed E-state index contributed by atoms with van der Waals surface area (Å²) in [5.41, 5.74) is 2.68. The normalized spacial score (nSPS) is 20.2. The predicted molar refractivity (Wildman–Crippen MR) is 133 cm³/mol. The van der Waals surface area contributed by atoms with E-state index in [4.69, 9.17) is 9.84 Å². The topological polar surface area (TPSA) is 128 Å². The number of aliphatic imine (C=N–C) groups is 1. The number of carbonyl (C=O) groups is 3. The number of methoxy groups -OCH3 is 1. The highest BCUT2D eigenvalue weighted by atomic mass is 32.1. The Bertz CT molecular complexity index is 1230. The SMILES string of the molecule is COC(=O)C1=C(CN2CCN3C(=O)N(c4ccc(CC(=O)O)cc4)C[C@@H]3C2)NC(c2nccs2)=NC1. The largest absolute Gasteiger partial charge is 0.481 e. The Morgan fingerprint density at radius 1 is 1.22 bits per heavy atom. The van der Waals surface area contributed by atoms with Crippen molar-refractivity contribution in [3.8, 4) is 0 Å². The molecule has 0 saturated carbocycles. The molecule has 2 saturated heterocycles. The second-order valence-corrected chi connectivity index (χ2v) is 9.68. The molecule has 5 rings (SSSR count). The van der Waals surface area contributed by atoms with Gasteiger partial charge in [0, 0.05) is 55.7 Å². The van der Waals surface area contributed by atoms with E-state index >= 15 is 0 Å². The molecule has 1 aromatic heterocycles. The number of hydrogen-bond acceptors (Lipinski definition) is 9. The lowest BCUT2D eigenvalue weighted by Crippen LogP contribution is -2.53. The van der Waals surface area contributed by atoms with Crippen LogP contribution in [-0.4, -0.2) is 96.1 Å². The Kier molecular flexibility index (Phi) is 6.70. The molecule has 12 heteroatoms. The lowest BCUT2D eigenvalue weighted by Gasteiger charge is -2.37. The Morgan fingerprint density at radius 3 is 2.72 bits per heavy atom. The number of piperazine rings is 1. The molecule has 2 N–H and O–H groups in total. The van der Waals surface area contributed by atoms with Crippen molar-refractivity contribution in [2.45, 2.75) is 12.5 Å². The molecule has 2 fully saturated rings. The molecule has 36 heavy (non-hydrogen) atoms. The highest BCUT2D eigenvalue weighted by Crippen LogP contribution is 2.27. The first-order valence-electron chi connectivity index (χ1n) is 11.6. The summed E-state index contributed by atoms with van der Waals surface area (Å²) in [6, 6.07) is 7.04. The van der Waals surface area contributed by atoms with Crippen molar-refractivity contribution in [3.05, 3.63) is 57.7 Å². The van der Waals surface area contributed by atoms with Crippen LogP contribution in [0.3, 0.4) is 0 Å². The number of nitrogens with one attached hydrogen (secondary N) is 1. The van der Waals surface area contributed by atoms with Crippen LogP contribution in [0.15, 0.2) is 52.1 Å². The molecule has 0 bridgehead atoms. The van der Waals surface area contributed by atoms with Gasteiger partial charge in [0.05, 0.1) is 31.7 Å². The maximum Gasteiger partial charge on any atom is 0.337 e. The Morgan fingerprint density at radius 2 is 2.03 bits per heavy atom. The summed E-state index contributed by atoms with van der Waals surface area (Å²) in [5.74, 6) is -0.660. The van der Waals surface area contributed by atoms with Gasteiger partial charge in [0.2, 0.25) is 0 Å². The number of thiazole rings is 1. The number of rotatable bonds is 7. The van der Waals surface area contributed by atoms with Gasteiger partial charge in [-0.15, -0.1) is 11.3 Å². The zero-order valence-corrected chi connectivity index (χ0v) is 20.5. The predicted octanol–water partition coefficient (Wildman–Crippen LogP) is 1.17. The van der Waals surface area contributed by atoms with Crippen LogP contribution in [0.1, 0.15) is 10.6 Å². The second kappa shape index (κ2) is 10.1. The van der Waals surface area contributed by atoms with Gasteiger partial charge in [-0.3, -0.25) is 19.6 Å². The van der Waals surface area contributed by atoms with Crippen molar-refractivity contribution in [1.82, 2.24) is 20.1 Å². The summed E-state index contributed by atoms with van der Waals surface area (Å²) in [5, 5.41) is 14.9. The molecular weight excluding hydrogens is 484 g/mol. The van der Waals surface area contributed by atoms with Gasteiger partial charge < -0.3 is 20.1 Å². The number of hydrogen-bond donors (Lipinski definition) is 2. The van der Waals surface area contributed by atoms with E-state index in [2.05, 4.69) is 20.2 Å². The molecule has 2 aromatic rings. The number of fused-ring (bicyclic) bond motifs is 1. The van der Waals surface area contributed by atoms with Crippen LogP contribution in [-0.2, 0) is 20.7 Å². The maximum absolute atomic E-state index is 13.1. The van der Waals surface area contributed by atoms with Gasteiger partial charge in [-0.25, -0.2) is 14.6 Å². The standard InChI is InChI=1S/C24H26N6O5S/c1-35-23(33)18-11-26-21(22-25-6-9-36-22)27-19(18)14-28-7-8-29-17(12-28)13-30(24(29)34)16-4-2-15(3-5-16)10-20(31)32/h2-6,9,17H,7-8,10-14H2,1H3,(H,26,27)(H,31,32)/t17-/m0/s1. The first kappa shape index (κ1) is 23.9. The number of nitrogens with zero attached hydrogens (tertiary/aromatic N) is 5. The summed E-state index contributed by atoms with van der Waals surface area (Å²) >= 11 is 1.47. The van der Waals surface area contributed by atoms with Crippen LogP contribution in [0.5, 0.6) is 0 Å². The molecule has 188 valence electrons. The van der Waals surface area contributed by atoms with Gasteiger partial charge in [0.15, 0.2) is 10.8 Å². The molecule has 0 aliphatic carbocycles. The first-order chi connectivity index (χ1) is 17.4. The maximum atomic E-state index is 13.1. The summed E-state index contributed by atoms with van der Waals surface area (Å²) in [7, 11) is 1.36. The van der Waals surface area contributed by atoms with Gasteiger partial charge in [0.25, 0.3) is 0 Å². The number of carboxylic acid groups (broad SMARTS) is 1. The monoisotopic (exact) mass is 510 g/mol. The lowest BCUT2D eigenvalue weighted by atomic mass is 10.1. The number of urea groups is 1. The van der Waals surface area contributed by atoms with Crippen LogP contribution in [0.2, 0.25) is 0 Å². The smallest absolute Gasteiger partial charge is 0.337 e. The van der Waals surface area contributed by atoms with Crippen molar-refractivity contribution >= 4 is 40.8 Å². The molecule has 0 spiro atoms. The van der Waals surface area contributed by atoms with Crippen molar-refractivity contribution in [3.63, 3.8) is 0 Å². The molecule has 0 unspecified atom stereocenters. The number of ether oxygens (including phenoxy) is 1. The molecule has 1 aromatic carbocycles. The van der Waals surface area contributed by atoms with Crippen molar-refractivity contribution < 1.29 is 24.2 Å². The summed E-state index contributed by atoms with van der Waals surface area (Å²) in [6.45, 7) is 3.15. The van der Waals surface area contributed by atoms with Crippen LogP contribution in [0.4, 0.5) is 10.5 Å². The Balaban J connectivity index is 1.27. The quantitative estimate of drug-likeness (QED) is 0.532. The zero-order valence-electron chi connectivity index (χ0n) is 19.7. The number of amidine groups is 1. The third kappa shape index (κ3) is 4.82. The number of aliphatic carboxylic acids is 1. The molecule has 2 amide bonds. The number of carbonyl (C=O) groups excluding carboxylic acids is 2. The fraction of sp³-hybridized carbons (Fsp3) is 0.375. The van der Waals surface area contributed by atoms with Gasteiger partial charge in [-0.1, -0.05) is 12.1 Å². The lowest BCUT2D eigenvalue weighted by molar-refractivity contribution is -0.137. The number of anilines is 1. The number of carboxylic acids is 1. The zero-order chi connectivity index (χ0) is 25.2. The van der Waals surface area contributed by atoms with E-state index in [-0.39, 0.29) is 25.0 Å². The highest BCUT2D eigenvalue weighted by molar-refractivity contribution is 7.11. The summed E-state index contributed by atoms with van der Waals surface area (Å²) < 4.78 is 4.98. The van der Waals surface area contributed by atoms with Crippen LogP contribution in [0, 0.1) is 0 Å². The number of aromatic nitrogens is 1. The van der Waals surface area contributed by atoms with Gasteiger partial charge in [0.1, 0.15) is 0 Å². The molecule has 1 atom stereocenters. The third-order valence-electron chi connectivity index (χ3n) is 6.52. The van der Waals surface area contributed by atoms with Crippen LogP contribution in [0.25, 0.3) is 0 Å². The fourth-order valence-corrected chi connectivity index (χ4v) is 5.34. The summed E-state index contributed by atoms with van der Waals surface area (Å²) in [4.78, 5) is 51.1. The minimum atomic E-state index is -0.889. The second-order valence-electron chi connectivity index (χ2n) is 8.79. The van der Waals surface area contributed by atoms with Crippen molar-refractivity contribution in [2.24, 2.45) is 4.99 Å². The highest BCUT2D eigenvalue weighted by Gasteiger charge is 2.41. The van der Waals surface area contributed by atoms with E-state index in [0.717, 1.165) is 16.4 Å². The van der Waals surface area contributed by atoms with Gasteiger partial charge >= 0.3 is 18.0 Å². The van der Waals surface area contributed by atoms with Crippen LogP contribution < -0.4 is 10.2 Å². The summed E-state index contributed by atoms with van der Waals surface area (Å²) in [6.07, 6.45) is 1.66. The van der Waals surface area contributed by atoms with E-state index in [0.29, 0.717) is 49.7 Å². The number of esters is 1. The number of amides is 2. The average Bonchev–Trinajstić information content (AvgIpc) is 3.52. The van der Waals surface area contributed by atoms with Crippen molar-refractivity contribution in [1.29, 1.82) is 0 Å². The van der Waals surface area contributed by atoms with E-state index in [1.165, 1.54) is 18.4 Å². The molecular formula is C24H26N6O5S. The van der Waals surface area contributed by atoms with Gasteiger partial charge in [-0.2, -0.15) is 0 Å². The van der Waals surface area contributed by atoms with E-state index in [1.807, 2.05) is 10.3 Å². The third-order valence-corrected chi connectivity index (χ3v) is 7.30. The van der Waals surface area contributed by atoms with Gasteiger partial charge in [-0.05, 0) is 17.7 Å². The van der Waals surface area contributed by atoms with Crippen molar-refractivity contribution in [2.75, 3.05) is 51.3 Å². The molecule has 3 aliphatic heterocycles. The minimum absolute atomic E-state index is 0.00261. The van der Waals surface area contributed by atoms with Crippen LogP contribution >= 0.6 is 11.3 Å².